The van der Waals surface area contributed by atoms with Crippen molar-refractivity contribution < 1.29 is 19.1 Å². The SMILES string of the molecule is CCOC(=O)c1cnc2sc3cc(Sc4ccc(NC(=O)Nc5cc(C(C)(C)C)nn5-c5ccc(OC)cc5)cc4)ccc3n12. The van der Waals surface area contributed by atoms with Crippen LogP contribution in [0, 0.1) is 0 Å². The van der Waals surface area contributed by atoms with Gasteiger partial charge in [-0.3, -0.25) is 9.72 Å². The van der Waals surface area contributed by atoms with Crippen molar-refractivity contribution in [2.45, 2.75) is 42.9 Å². The number of aromatic nitrogens is 4. The molecule has 45 heavy (non-hydrogen) atoms. The number of urea groups is 1. The van der Waals surface area contributed by atoms with Gasteiger partial charge in [0.2, 0.25) is 0 Å². The predicted octanol–water partition coefficient (Wildman–Crippen LogP) is 8.01. The maximum atomic E-state index is 13.1. The minimum absolute atomic E-state index is 0.205. The molecular weight excluding hydrogens is 609 g/mol. The summed E-state index contributed by atoms with van der Waals surface area (Å²) in [6, 6.07) is 22.8. The zero-order chi connectivity index (χ0) is 31.7. The van der Waals surface area contributed by atoms with E-state index in [0.29, 0.717) is 23.8 Å². The molecule has 230 valence electrons. The Morgan fingerprint density at radius 3 is 2.38 bits per heavy atom. The van der Waals surface area contributed by atoms with E-state index < -0.39 is 0 Å². The second-order valence-corrected chi connectivity index (χ2v) is 13.3. The molecule has 3 aromatic heterocycles. The first-order valence-corrected chi connectivity index (χ1v) is 15.9. The summed E-state index contributed by atoms with van der Waals surface area (Å²) >= 11 is 3.13. The average molecular weight is 641 g/mol. The summed E-state index contributed by atoms with van der Waals surface area (Å²) in [4.78, 5) is 32.6. The van der Waals surface area contributed by atoms with Gasteiger partial charge >= 0.3 is 12.0 Å². The van der Waals surface area contributed by atoms with Gasteiger partial charge in [0.25, 0.3) is 0 Å². The molecule has 12 heteroatoms. The Morgan fingerprint density at radius 1 is 0.956 bits per heavy atom. The molecule has 0 saturated heterocycles. The maximum Gasteiger partial charge on any atom is 0.357 e. The first kappa shape index (κ1) is 30.2. The van der Waals surface area contributed by atoms with Gasteiger partial charge in [-0.2, -0.15) is 5.10 Å². The molecule has 0 spiro atoms. The lowest BCUT2D eigenvalue weighted by Crippen LogP contribution is -2.21. The van der Waals surface area contributed by atoms with Crippen molar-refractivity contribution in [2.24, 2.45) is 0 Å². The van der Waals surface area contributed by atoms with E-state index >= 15 is 0 Å². The molecular formula is C33H32N6O4S2. The van der Waals surface area contributed by atoms with Gasteiger partial charge in [-0.05, 0) is 73.7 Å². The molecule has 2 amide bonds. The van der Waals surface area contributed by atoms with Crippen LogP contribution in [0.1, 0.15) is 43.9 Å². The molecule has 3 aromatic carbocycles. The second kappa shape index (κ2) is 12.3. The molecule has 0 radical (unpaired) electrons. The summed E-state index contributed by atoms with van der Waals surface area (Å²) in [5.74, 6) is 0.909. The molecule has 2 N–H and O–H groups in total. The van der Waals surface area contributed by atoms with E-state index in [1.54, 1.807) is 36.7 Å². The number of hydrogen-bond acceptors (Lipinski definition) is 8. The molecule has 0 unspecified atom stereocenters. The minimum Gasteiger partial charge on any atom is -0.497 e. The van der Waals surface area contributed by atoms with Crippen LogP contribution in [0.15, 0.2) is 88.8 Å². The van der Waals surface area contributed by atoms with E-state index in [4.69, 9.17) is 14.6 Å². The number of imidazole rings is 1. The molecule has 6 aromatic rings. The topological polar surface area (TPSA) is 112 Å². The third kappa shape index (κ3) is 6.38. The largest absolute Gasteiger partial charge is 0.497 e. The fourth-order valence-electron chi connectivity index (χ4n) is 4.69. The average Bonchev–Trinajstić information content (AvgIpc) is 3.72. The molecule has 0 aliphatic carbocycles. The molecule has 10 nitrogen and oxygen atoms in total. The molecule has 0 aliphatic heterocycles. The van der Waals surface area contributed by atoms with E-state index in [1.165, 1.54) is 11.3 Å². The number of nitrogens with one attached hydrogen (secondary N) is 2. The Morgan fingerprint density at radius 2 is 1.69 bits per heavy atom. The summed E-state index contributed by atoms with van der Waals surface area (Å²) in [6.45, 7) is 8.33. The first-order valence-electron chi connectivity index (χ1n) is 14.3. The monoisotopic (exact) mass is 640 g/mol. The standard InChI is InChI=1S/C33H32N6O4S2/c1-6-43-30(40)26-19-34-32-38(26)25-16-15-24(17-27(25)45-32)44-23-13-7-20(8-14-23)35-31(41)36-29-18-28(33(2,3)4)37-39(29)21-9-11-22(42-5)12-10-21/h7-19H,6H2,1-5H3,(H2,35,36,41). The smallest absolute Gasteiger partial charge is 0.357 e. The van der Waals surface area contributed by atoms with E-state index in [0.717, 1.165) is 42.1 Å². The Hall–Kier alpha value is -4.81. The van der Waals surface area contributed by atoms with E-state index in [9.17, 15) is 9.59 Å². The number of ether oxygens (including phenoxy) is 2. The summed E-state index contributed by atoms with van der Waals surface area (Å²) in [7, 11) is 1.62. The Balaban J connectivity index is 1.14. The zero-order valence-corrected chi connectivity index (χ0v) is 27.1. The lowest BCUT2D eigenvalue weighted by Gasteiger charge is -2.14. The van der Waals surface area contributed by atoms with Gasteiger partial charge < -0.3 is 14.8 Å². The number of carbonyl (C=O) groups excluding carboxylic acids is 2. The van der Waals surface area contributed by atoms with Crippen molar-refractivity contribution in [1.29, 1.82) is 0 Å². The maximum absolute atomic E-state index is 13.1. The van der Waals surface area contributed by atoms with Crippen LogP contribution in [-0.2, 0) is 10.2 Å². The first-order chi connectivity index (χ1) is 21.6. The van der Waals surface area contributed by atoms with Gasteiger partial charge in [0, 0.05) is 27.0 Å². The summed E-state index contributed by atoms with van der Waals surface area (Å²) < 4.78 is 15.0. The van der Waals surface area contributed by atoms with Crippen LogP contribution >= 0.6 is 23.1 Å². The third-order valence-corrected chi connectivity index (χ3v) is 8.99. The number of anilines is 2. The molecule has 0 bridgehead atoms. The summed E-state index contributed by atoms with van der Waals surface area (Å²) in [5, 5.41) is 10.6. The number of amides is 2. The van der Waals surface area contributed by atoms with Crippen molar-refractivity contribution in [1.82, 2.24) is 19.2 Å². The molecule has 0 saturated carbocycles. The van der Waals surface area contributed by atoms with E-state index in [1.807, 2.05) is 71.1 Å². The van der Waals surface area contributed by atoms with Crippen LogP contribution in [0.3, 0.4) is 0 Å². The van der Waals surface area contributed by atoms with Gasteiger partial charge in [-0.25, -0.2) is 19.3 Å². The highest BCUT2D eigenvalue weighted by molar-refractivity contribution is 7.99. The normalized spacial score (nSPS) is 11.6. The number of methoxy groups -OCH3 is 1. The van der Waals surface area contributed by atoms with Crippen LogP contribution in [0.5, 0.6) is 5.75 Å². The number of rotatable bonds is 8. The molecule has 0 atom stereocenters. The molecule has 3 heterocycles. The van der Waals surface area contributed by atoms with Gasteiger partial charge in [0.15, 0.2) is 10.7 Å². The Bertz CT molecular complexity index is 2000. The number of esters is 1. The fraction of sp³-hybridized carbons (Fsp3) is 0.212. The number of thiazole rings is 1. The molecule has 6 rings (SSSR count). The second-order valence-electron chi connectivity index (χ2n) is 11.2. The van der Waals surface area contributed by atoms with Crippen LogP contribution in [0.25, 0.3) is 20.9 Å². The Labute approximate surface area is 268 Å². The van der Waals surface area contributed by atoms with Gasteiger partial charge in [0.1, 0.15) is 11.6 Å². The van der Waals surface area contributed by atoms with Gasteiger partial charge in [0.05, 0.1) is 41.5 Å². The number of fused-ring (bicyclic) bond motifs is 3. The summed E-state index contributed by atoms with van der Waals surface area (Å²) in [5.41, 5.74) is 3.44. The van der Waals surface area contributed by atoms with E-state index in [2.05, 4.69) is 42.5 Å². The highest BCUT2D eigenvalue weighted by atomic mass is 32.2. The van der Waals surface area contributed by atoms with Gasteiger partial charge in [-0.1, -0.05) is 43.9 Å². The highest BCUT2D eigenvalue weighted by Gasteiger charge is 2.22. The summed E-state index contributed by atoms with van der Waals surface area (Å²) in [6.07, 6.45) is 1.56. The number of benzene rings is 3. The molecule has 0 fully saturated rings. The lowest BCUT2D eigenvalue weighted by molar-refractivity contribution is 0.0518. The van der Waals surface area contributed by atoms with Crippen LogP contribution in [-0.4, -0.2) is 44.9 Å². The van der Waals surface area contributed by atoms with Crippen molar-refractivity contribution in [3.8, 4) is 11.4 Å². The van der Waals surface area contributed by atoms with Crippen LogP contribution in [0.2, 0.25) is 0 Å². The highest BCUT2D eigenvalue weighted by Crippen LogP contribution is 2.35. The van der Waals surface area contributed by atoms with Gasteiger partial charge in [-0.15, -0.1) is 0 Å². The number of carbonyl (C=O) groups is 2. The fourth-order valence-corrected chi connectivity index (χ4v) is 6.66. The zero-order valence-electron chi connectivity index (χ0n) is 25.5. The minimum atomic E-state index is -0.386. The number of hydrogen-bond donors (Lipinski definition) is 2. The molecule has 0 aliphatic rings. The lowest BCUT2D eigenvalue weighted by atomic mass is 9.92. The van der Waals surface area contributed by atoms with Crippen molar-refractivity contribution in [3.63, 3.8) is 0 Å². The van der Waals surface area contributed by atoms with Crippen LogP contribution in [0.4, 0.5) is 16.3 Å². The predicted molar refractivity (Wildman–Crippen MR) is 179 cm³/mol. The number of nitrogens with zero attached hydrogens (tertiary/aromatic N) is 4. The van der Waals surface area contributed by atoms with Crippen molar-refractivity contribution >= 4 is 61.8 Å². The quantitative estimate of drug-likeness (QED) is 0.162. The van der Waals surface area contributed by atoms with Crippen LogP contribution < -0.4 is 15.4 Å². The van der Waals surface area contributed by atoms with Crippen molar-refractivity contribution in [3.05, 3.63) is 90.4 Å². The van der Waals surface area contributed by atoms with E-state index in [-0.39, 0.29) is 17.4 Å². The third-order valence-electron chi connectivity index (χ3n) is 6.97. The Kier molecular flexibility index (Phi) is 8.26. The van der Waals surface area contributed by atoms with Crippen molar-refractivity contribution in [2.75, 3.05) is 24.4 Å².